The predicted octanol–water partition coefficient (Wildman–Crippen LogP) is 2.93. The second-order valence-electron chi connectivity index (χ2n) is 6.33. The van der Waals surface area contributed by atoms with Crippen molar-refractivity contribution in [2.75, 3.05) is 11.5 Å². The van der Waals surface area contributed by atoms with Crippen molar-refractivity contribution in [1.82, 2.24) is 0 Å². The van der Waals surface area contributed by atoms with Gasteiger partial charge in [-0.3, -0.25) is 9.11 Å². The lowest BCUT2D eigenvalue weighted by Crippen LogP contribution is -2.01. The van der Waals surface area contributed by atoms with Crippen molar-refractivity contribution in [1.29, 1.82) is 0 Å². The lowest BCUT2D eigenvalue weighted by atomic mass is 10.0. The molecule has 11 nitrogen and oxygen atoms in total. The molecule has 0 amide bonds. The SMILES string of the molecule is Cc1c(N)ccc2cc(S(=O)(=O)O)c(N=Nc3ccc(N)cc3S(=O)(=O)O)c(O)c12. The molecule has 0 bridgehead atoms. The monoisotopic (exact) mass is 452 g/mol. The first-order valence-electron chi connectivity index (χ1n) is 8.11. The van der Waals surface area contributed by atoms with E-state index < -0.39 is 41.5 Å². The van der Waals surface area contributed by atoms with Crippen LogP contribution in [0.2, 0.25) is 0 Å². The number of hydrogen-bond acceptors (Lipinski definition) is 9. The fraction of sp³-hybridized carbons (Fsp3) is 0.0588. The zero-order valence-corrected chi connectivity index (χ0v) is 16.9. The van der Waals surface area contributed by atoms with Crippen molar-refractivity contribution in [3.8, 4) is 5.75 Å². The molecule has 0 aliphatic heterocycles. The van der Waals surface area contributed by atoms with Crippen LogP contribution in [0.4, 0.5) is 22.7 Å². The first kappa shape index (κ1) is 21.4. The average Bonchev–Trinajstić information content (AvgIpc) is 2.62. The van der Waals surface area contributed by atoms with Gasteiger partial charge >= 0.3 is 0 Å². The molecule has 7 N–H and O–H groups in total. The van der Waals surface area contributed by atoms with Crippen LogP contribution in [-0.2, 0) is 20.2 Å². The Morgan fingerprint density at radius 2 is 1.50 bits per heavy atom. The molecule has 0 saturated carbocycles. The highest BCUT2D eigenvalue weighted by Gasteiger charge is 2.24. The van der Waals surface area contributed by atoms with Gasteiger partial charge < -0.3 is 16.6 Å². The standard InChI is InChI=1S/C17H16N4O7S2/c1-8-11(19)4-2-9-6-14(30(26,27)28)16(17(22)15(8)9)21-20-12-5-3-10(18)7-13(12)29(23,24)25/h2-7,22H,18-19H2,1H3,(H,23,24,25)(H,26,27,28). The highest BCUT2D eigenvalue weighted by molar-refractivity contribution is 7.86. The molecule has 0 radical (unpaired) electrons. The van der Waals surface area contributed by atoms with Crippen LogP contribution in [0.1, 0.15) is 5.56 Å². The summed E-state index contributed by atoms with van der Waals surface area (Å²) in [6, 6.07) is 7.34. The van der Waals surface area contributed by atoms with E-state index in [1.807, 2.05) is 0 Å². The van der Waals surface area contributed by atoms with Crippen molar-refractivity contribution in [2.45, 2.75) is 16.7 Å². The van der Waals surface area contributed by atoms with Gasteiger partial charge in [0.1, 0.15) is 21.2 Å². The van der Waals surface area contributed by atoms with Gasteiger partial charge in [0.2, 0.25) is 0 Å². The van der Waals surface area contributed by atoms with E-state index in [4.69, 9.17) is 11.5 Å². The van der Waals surface area contributed by atoms with E-state index in [9.17, 15) is 31.0 Å². The molecule has 3 rings (SSSR count). The average molecular weight is 452 g/mol. The first-order chi connectivity index (χ1) is 13.8. The van der Waals surface area contributed by atoms with E-state index in [1.54, 1.807) is 6.92 Å². The number of benzene rings is 3. The maximum absolute atomic E-state index is 11.8. The molecule has 0 aliphatic rings. The molecule has 0 heterocycles. The molecule has 0 fully saturated rings. The van der Waals surface area contributed by atoms with E-state index in [2.05, 4.69) is 10.2 Å². The van der Waals surface area contributed by atoms with Crippen molar-refractivity contribution in [3.05, 3.63) is 42.0 Å². The Bertz CT molecular complexity index is 1430. The minimum Gasteiger partial charge on any atom is -0.505 e. The number of nitrogens with two attached hydrogens (primary N) is 2. The molecular formula is C17H16N4O7S2. The summed E-state index contributed by atoms with van der Waals surface area (Å²) >= 11 is 0. The number of phenolic OH excluding ortho intramolecular Hbond substituents is 1. The van der Waals surface area contributed by atoms with Gasteiger partial charge in [0, 0.05) is 16.8 Å². The zero-order valence-electron chi connectivity index (χ0n) is 15.3. The second kappa shape index (κ2) is 7.21. The number of rotatable bonds is 4. The molecule has 0 atom stereocenters. The number of anilines is 2. The number of phenols is 1. The predicted molar refractivity (Wildman–Crippen MR) is 109 cm³/mol. The smallest absolute Gasteiger partial charge is 0.296 e. The molecule has 0 aromatic heterocycles. The molecule has 3 aromatic carbocycles. The van der Waals surface area contributed by atoms with Crippen LogP contribution >= 0.6 is 0 Å². The van der Waals surface area contributed by atoms with Gasteiger partial charge in [-0.2, -0.15) is 16.8 Å². The third-order valence-corrected chi connectivity index (χ3v) is 6.07. The van der Waals surface area contributed by atoms with Crippen LogP contribution in [0.3, 0.4) is 0 Å². The van der Waals surface area contributed by atoms with E-state index in [1.165, 1.54) is 18.2 Å². The Morgan fingerprint density at radius 1 is 0.867 bits per heavy atom. The number of azo groups is 1. The Labute approximate surface area is 171 Å². The van der Waals surface area contributed by atoms with Crippen LogP contribution in [-0.4, -0.2) is 31.0 Å². The fourth-order valence-electron chi connectivity index (χ4n) is 2.85. The molecule has 0 spiro atoms. The fourth-order valence-corrected chi connectivity index (χ4v) is 4.16. The third kappa shape index (κ3) is 3.91. The Hall–Kier alpha value is -3.26. The van der Waals surface area contributed by atoms with E-state index >= 15 is 0 Å². The number of nitrogens with zero attached hydrogens (tertiary/aromatic N) is 2. The normalized spacial score (nSPS) is 12.6. The maximum atomic E-state index is 11.8. The number of hydrogen-bond donors (Lipinski definition) is 5. The summed E-state index contributed by atoms with van der Waals surface area (Å²) in [5, 5.41) is 18.4. The molecule has 30 heavy (non-hydrogen) atoms. The van der Waals surface area contributed by atoms with Gasteiger partial charge in [0.05, 0.1) is 0 Å². The molecule has 158 valence electrons. The molecule has 0 unspecified atom stereocenters. The number of fused-ring (bicyclic) bond motifs is 1. The summed E-state index contributed by atoms with van der Waals surface area (Å²) in [7, 11) is -9.59. The first-order valence-corrected chi connectivity index (χ1v) is 11.0. The van der Waals surface area contributed by atoms with Crippen molar-refractivity contribution in [2.24, 2.45) is 10.2 Å². The van der Waals surface area contributed by atoms with Gasteiger partial charge in [0.25, 0.3) is 20.2 Å². The number of nitrogen functional groups attached to an aromatic ring is 2. The van der Waals surface area contributed by atoms with Gasteiger partial charge in [-0.05, 0) is 48.2 Å². The largest absolute Gasteiger partial charge is 0.505 e. The van der Waals surface area contributed by atoms with Gasteiger partial charge in [-0.15, -0.1) is 10.2 Å². The van der Waals surface area contributed by atoms with Gasteiger partial charge in [-0.1, -0.05) is 6.07 Å². The molecule has 0 saturated heterocycles. The molecular weight excluding hydrogens is 436 g/mol. The Balaban J connectivity index is 2.34. The van der Waals surface area contributed by atoms with Gasteiger partial charge in [0.15, 0.2) is 5.75 Å². The van der Waals surface area contributed by atoms with E-state index in [0.717, 1.165) is 18.2 Å². The topological polar surface area (TPSA) is 206 Å². The minimum atomic E-state index is -4.85. The van der Waals surface area contributed by atoms with E-state index in [0.29, 0.717) is 11.3 Å². The summed E-state index contributed by atoms with van der Waals surface area (Å²) in [6.45, 7) is 1.59. The lowest BCUT2D eigenvalue weighted by Gasteiger charge is -2.12. The second-order valence-corrected chi connectivity index (χ2v) is 9.11. The van der Waals surface area contributed by atoms with Crippen LogP contribution in [0.5, 0.6) is 5.75 Å². The van der Waals surface area contributed by atoms with Crippen LogP contribution in [0.25, 0.3) is 10.8 Å². The highest BCUT2D eigenvalue weighted by Crippen LogP contribution is 2.44. The van der Waals surface area contributed by atoms with Crippen molar-refractivity contribution < 1.29 is 31.0 Å². The zero-order chi connectivity index (χ0) is 22.4. The number of aromatic hydroxyl groups is 1. The van der Waals surface area contributed by atoms with Crippen molar-refractivity contribution in [3.63, 3.8) is 0 Å². The molecule has 3 aromatic rings. The lowest BCUT2D eigenvalue weighted by molar-refractivity contribution is 0.471. The molecule has 13 heteroatoms. The van der Waals surface area contributed by atoms with Crippen LogP contribution < -0.4 is 11.5 Å². The summed E-state index contributed by atoms with van der Waals surface area (Å²) in [5.41, 5.74) is 11.1. The van der Waals surface area contributed by atoms with Crippen LogP contribution in [0.15, 0.2) is 56.4 Å². The van der Waals surface area contributed by atoms with Gasteiger partial charge in [-0.25, -0.2) is 0 Å². The minimum absolute atomic E-state index is 0.0138. The van der Waals surface area contributed by atoms with Crippen molar-refractivity contribution >= 4 is 53.8 Å². The Morgan fingerprint density at radius 3 is 2.10 bits per heavy atom. The van der Waals surface area contributed by atoms with E-state index in [-0.39, 0.29) is 22.1 Å². The highest BCUT2D eigenvalue weighted by atomic mass is 32.2. The molecule has 0 aliphatic carbocycles. The summed E-state index contributed by atoms with van der Waals surface area (Å²) < 4.78 is 65.8. The summed E-state index contributed by atoms with van der Waals surface area (Å²) in [6.07, 6.45) is 0. The summed E-state index contributed by atoms with van der Waals surface area (Å²) in [4.78, 5) is -1.44. The maximum Gasteiger partial charge on any atom is 0.296 e. The van der Waals surface area contributed by atoms with Crippen LogP contribution in [0, 0.1) is 6.92 Å². The Kier molecular flexibility index (Phi) is 5.16. The quantitative estimate of drug-likeness (QED) is 0.224. The summed E-state index contributed by atoms with van der Waals surface area (Å²) in [5.74, 6) is -0.641. The third-order valence-electron chi connectivity index (χ3n) is 4.32. The number of aryl methyl sites for hydroxylation is 1.